The summed E-state index contributed by atoms with van der Waals surface area (Å²) >= 11 is 0. The van der Waals surface area contributed by atoms with E-state index in [2.05, 4.69) is 27.8 Å². The first-order chi connectivity index (χ1) is 27.0. The monoisotopic (exact) mass is 829 g/mol. The van der Waals surface area contributed by atoms with Crippen LogP contribution in [0.1, 0.15) is 84.8 Å². The van der Waals surface area contributed by atoms with Gasteiger partial charge in [0.1, 0.15) is 18.2 Å². The van der Waals surface area contributed by atoms with E-state index in [1.165, 1.54) is 18.0 Å². The number of hydrogen-bond acceptors (Lipinski definition) is 9. The van der Waals surface area contributed by atoms with Gasteiger partial charge >= 0.3 is 12.1 Å². The SMILES string of the molecule is C=CCNC(=O)C(=O)C(CC1CCC1)NC(=O)C1C[C@@H](OC(=O)N2CCc3ccccc3C2)CN1C(=O)C(NC(=O)NC(CN(C)S(C)(=O)=O)C(C)(C)C)C(C)(C)C. The molecule has 17 heteroatoms. The number of nitrogens with one attached hydrogen (secondary N) is 4. The predicted octanol–water partition coefficient (Wildman–Crippen LogP) is 2.72. The number of ketones is 1. The highest BCUT2D eigenvalue weighted by molar-refractivity contribution is 7.88. The van der Waals surface area contributed by atoms with Gasteiger partial charge in [-0.2, -0.15) is 0 Å². The van der Waals surface area contributed by atoms with Crippen LogP contribution in [0, 0.1) is 16.7 Å². The van der Waals surface area contributed by atoms with Crippen molar-refractivity contribution in [2.75, 3.05) is 39.5 Å². The first-order valence-electron chi connectivity index (χ1n) is 20.0. The zero-order valence-corrected chi connectivity index (χ0v) is 36.1. The zero-order chi connectivity index (χ0) is 43.2. The van der Waals surface area contributed by atoms with Crippen LogP contribution >= 0.6 is 0 Å². The van der Waals surface area contributed by atoms with Crippen LogP contribution in [0.4, 0.5) is 9.59 Å². The third-order valence-electron chi connectivity index (χ3n) is 11.3. The van der Waals surface area contributed by atoms with E-state index in [-0.39, 0.29) is 38.4 Å². The number of fused-ring (bicyclic) bond motifs is 1. The molecule has 0 radical (unpaired) electrons. The van der Waals surface area contributed by atoms with Gasteiger partial charge in [-0.15, -0.1) is 6.58 Å². The maximum atomic E-state index is 14.7. The molecule has 4 rings (SSSR count). The number of carbonyl (C=O) groups excluding carboxylic acids is 6. The number of likely N-dealkylation sites (tertiary alicyclic amines) is 1. The Morgan fingerprint density at radius 1 is 0.983 bits per heavy atom. The molecule has 2 fully saturated rings. The molecule has 0 aromatic heterocycles. The second kappa shape index (κ2) is 19.0. The molecule has 322 valence electrons. The van der Waals surface area contributed by atoms with E-state index in [1.807, 2.05) is 45.0 Å². The summed E-state index contributed by atoms with van der Waals surface area (Å²) in [6.45, 7) is 15.0. The Morgan fingerprint density at radius 2 is 1.64 bits per heavy atom. The summed E-state index contributed by atoms with van der Waals surface area (Å²) in [7, 11) is -2.15. The second-order valence-electron chi connectivity index (χ2n) is 18.0. The molecule has 1 saturated carbocycles. The standard InChI is InChI=1S/C41H63N7O9S/c1-10-19-42-36(51)33(49)30(21-26-14-13-15-26)43-35(50)31-22-29(57-39(54)47-20-18-27-16-11-12-17-28(27)23-47)24-48(31)37(52)34(41(5,6)7)45-38(53)44-32(40(2,3)4)25-46(8)58(9,55)56/h10-12,16-17,26,29-32,34H,1,13-15,18-25H2,2-9H3,(H,42,51)(H,43,50)(H2,44,45,53)/t29-,30?,31?,32?,34?/m1/s1. The van der Waals surface area contributed by atoms with E-state index in [0.29, 0.717) is 19.5 Å². The lowest BCUT2D eigenvalue weighted by Crippen LogP contribution is -2.62. The summed E-state index contributed by atoms with van der Waals surface area (Å²) in [4.78, 5) is 85.3. The predicted molar refractivity (Wildman–Crippen MR) is 219 cm³/mol. The zero-order valence-electron chi connectivity index (χ0n) is 35.3. The molecule has 0 spiro atoms. The Morgan fingerprint density at radius 3 is 2.21 bits per heavy atom. The van der Waals surface area contributed by atoms with Crippen LogP contribution in [-0.2, 0) is 46.9 Å². The molecule has 5 atom stereocenters. The number of sulfonamides is 1. The van der Waals surface area contributed by atoms with E-state index < -0.39 is 86.8 Å². The maximum Gasteiger partial charge on any atom is 0.410 e. The van der Waals surface area contributed by atoms with E-state index in [9.17, 15) is 37.2 Å². The molecule has 1 aromatic carbocycles. The third kappa shape index (κ3) is 12.3. The number of likely N-dealkylation sites (N-methyl/N-ethyl adjacent to an activating group) is 1. The number of Topliss-reactive ketones (excluding diaryl/α,β-unsaturated/α-hetero) is 1. The van der Waals surface area contributed by atoms with Gasteiger partial charge in [0.05, 0.1) is 18.8 Å². The highest BCUT2D eigenvalue weighted by Crippen LogP contribution is 2.32. The number of ether oxygens (including phenoxy) is 1. The summed E-state index contributed by atoms with van der Waals surface area (Å²) < 4.78 is 31.6. The first-order valence-corrected chi connectivity index (χ1v) is 21.9. The number of carbonyl (C=O) groups is 6. The number of amides is 6. The lowest BCUT2D eigenvalue weighted by molar-refractivity contribution is -0.144. The molecule has 4 N–H and O–H groups in total. The van der Waals surface area contributed by atoms with Crippen LogP contribution < -0.4 is 21.3 Å². The van der Waals surface area contributed by atoms with Crippen molar-refractivity contribution in [3.8, 4) is 0 Å². The molecule has 2 aliphatic heterocycles. The number of urea groups is 1. The minimum atomic E-state index is -3.57. The molecule has 1 aromatic rings. The first kappa shape index (κ1) is 46.2. The summed E-state index contributed by atoms with van der Waals surface area (Å²) in [6, 6.07) is 2.86. The number of hydrogen-bond donors (Lipinski definition) is 4. The average molecular weight is 830 g/mol. The van der Waals surface area contributed by atoms with Gasteiger partial charge in [-0.3, -0.25) is 19.2 Å². The Kier molecular flexibility index (Phi) is 15.2. The van der Waals surface area contributed by atoms with Gasteiger partial charge in [0.25, 0.3) is 5.91 Å². The summed E-state index contributed by atoms with van der Waals surface area (Å²) in [5.41, 5.74) is 0.655. The fourth-order valence-corrected chi connectivity index (χ4v) is 7.71. The Bertz CT molecular complexity index is 1820. The molecular formula is C41H63N7O9S. The molecule has 3 aliphatic rings. The topological polar surface area (TPSA) is 204 Å². The van der Waals surface area contributed by atoms with Crippen LogP contribution in [0.3, 0.4) is 0 Å². The maximum absolute atomic E-state index is 14.7. The molecule has 1 aliphatic carbocycles. The lowest BCUT2D eigenvalue weighted by atomic mass is 9.80. The molecule has 4 unspecified atom stereocenters. The van der Waals surface area contributed by atoms with Crippen molar-refractivity contribution in [3.05, 3.63) is 48.0 Å². The van der Waals surface area contributed by atoms with Crippen molar-refractivity contribution in [2.45, 2.75) is 117 Å². The van der Waals surface area contributed by atoms with Crippen LogP contribution in [0.15, 0.2) is 36.9 Å². The largest absolute Gasteiger partial charge is 0.444 e. The quantitative estimate of drug-likeness (QED) is 0.151. The molecule has 58 heavy (non-hydrogen) atoms. The van der Waals surface area contributed by atoms with Gasteiger partial charge < -0.3 is 35.8 Å². The highest BCUT2D eigenvalue weighted by atomic mass is 32.2. The third-order valence-corrected chi connectivity index (χ3v) is 12.6. The van der Waals surface area contributed by atoms with Crippen LogP contribution in [0.25, 0.3) is 0 Å². The van der Waals surface area contributed by atoms with Crippen molar-refractivity contribution >= 4 is 45.7 Å². The van der Waals surface area contributed by atoms with Gasteiger partial charge in [-0.1, -0.05) is 91.1 Å². The number of benzene rings is 1. The smallest absolute Gasteiger partial charge is 0.410 e. The average Bonchev–Trinajstić information content (AvgIpc) is 3.55. The normalized spacial score (nSPS) is 20.2. The molecule has 0 bridgehead atoms. The van der Waals surface area contributed by atoms with E-state index in [0.717, 1.165) is 41.0 Å². The number of rotatable bonds is 15. The molecule has 6 amide bonds. The molecular weight excluding hydrogens is 767 g/mol. The Hall–Kier alpha value is -4.51. The van der Waals surface area contributed by atoms with Crippen molar-refractivity contribution in [3.63, 3.8) is 0 Å². The summed E-state index contributed by atoms with van der Waals surface area (Å²) in [6.07, 6.45) is 4.48. The second-order valence-corrected chi connectivity index (χ2v) is 20.1. The van der Waals surface area contributed by atoms with Crippen molar-refractivity contribution in [1.82, 2.24) is 35.4 Å². The molecule has 2 heterocycles. The van der Waals surface area contributed by atoms with E-state index in [1.54, 1.807) is 25.7 Å². The minimum Gasteiger partial charge on any atom is -0.444 e. The van der Waals surface area contributed by atoms with Crippen molar-refractivity contribution in [2.24, 2.45) is 16.7 Å². The summed E-state index contributed by atoms with van der Waals surface area (Å²) in [5.74, 6) is -2.86. The van der Waals surface area contributed by atoms with E-state index in [4.69, 9.17) is 4.74 Å². The van der Waals surface area contributed by atoms with Crippen LogP contribution in [-0.4, -0.2) is 128 Å². The Labute approximate surface area is 343 Å². The van der Waals surface area contributed by atoms with Gasteiger partial charge in [0, 0.05) is 45.7 Å². The minimum absolute atomic E-state index is 0.0275. The fraction of sp³-hybridized carbons (Fsp3) is 0.659. The van der Waals surface area contributed by atoms with Gasteiger partial charge in [0.2, 0.25) is 27.6 Å². The number of nitrogens with zero attached hydrogens (tertiary/aromatic N) is 3. The van der Waals surface area contributed by atoms with Crippen molar-refractivity contribution < 1.29 is 41.9 Å². The van der Waals surface area contributed by atoms with Gasteiger partial charge in [-0.25, -0.2) is 22.3 Å². The van der Waals surface area contributed by atoms with Crippen LogP contribution in [0.5, 0.6) is 0 Å². The molecule has 16 nitrogen and oxygen atoms in total. The fourth-order valence-electron chi connectivity index (χ4n) is 7.29. The van der Waals surface area contributed by atoms with E-state index >= 15 is 0 Å². The van der Waals surface area contributed by atoms with Crippen molar-refractivity contribution in [1.29, 1.82) is 0 Å². The summed E-state index contributed by atoms with van der Waals surface area (Å²) in [5, 5.41) is 10.9. The highest BCUT2D eigenvalue weighted by Gasteiger charge is 2.47. The van der Waals surface area contributed by atoms with Gasteiger partial charge in [-0.05, 0) is 40.7 Å². The Balaban J connectivity index is 1.60. The lowest BCUT2D eigenvalue weighted by Gasteiger charge is -2.37. The van der Waals surface area contributed by atoms with Gasteiger partial charge in [0.15, 0.2) is 0 Å². The van der Waals surface area contributed by atoms with Crippen LogP contribution in [0.2, 0.25) is 0 Å². The molecule has 1 saturated heterocycles.